The molecule has 164 valence electrons. The molecule has 6 nitrogen and oxygen atoms in total. The summed E-state index contributed by atoms with van der Waals surface area (Å²) in [5.41, 5.74) is 0.986. The molecular weight excluding hydrogens is 477 g/mol. The number of hydrogen-bond donors (Lipinski definition) is 3. The molecule has 1 aliphatic rings. The third kappa shape index (κ3) is 8.90. The minimum Gasteiger partial charge on any atom is -0.357 e. The second kappa shape index (κ2) is 12.4. The highest BCUT2D eigenvalue weighted by Crippen LogP contribution is 2.20. The van der Waals surface area contributed by atoms with Crippen LogP contribution >= 0.6 is 24.0 Å². The lowest BCUT2D eigenvalue weighted by Crippen LogP contribution is -2.45. The quantitative estimate of drug-likeness (QED) is 0.226. The van der Waals surface area contributed by atoms with Crippen LogP contribution < -0.4 is 16.0 Å². The summed E-state index contributed by atoms with van der Waals surface area (Å²) >= 11 is 0. The summed E-state index contributed by atoms with van der Waals surface area (Å²) < 4.78 is 0. The van der Waals surface area contributed by atoms with Crippen LogP contribution in [0.3, 0.4) is 0 Å². The number of carbonyl (C=O) groups excluding carboxylic acids is 1. The van der Waals surface area contributed by atoms with Gasteiger partial charge >= 0.3 is 0 Å². The Hall–Kier alpha value is -1.35. The molecule has 1 amide bonds. The number of halogens is 1. The predicted octanol–water partition coefficient (Wildman–Crippen LogP) is 2.98. The Kier molecular flexibility index (Phi) is 11.0. The van der Waals surface area contributed by atoms with Gasteiger partial charge in [-0.2, -0.15) is 0 Å². The van der Waals surface area contributed by atoms with Gasteiger partial charge in [0.2, 0.25) is 5.91 Å². The van der Waals surface area contributed by atoms with Crippen molar-refractivity contribution < 1.29 is 4.79 Å². The third-order valence-electron chi connectivity index (χ3n) is 4.97. The van der Waals surface area contributed by atoms with Crippen LogP contribution in [0.2, 0.25) is 0 Å². The van der Waals surface area contributed by atoms with Crippen molar-refractivity contribution >= 4 is 35.8 Å². The first-order valence-electron chi connectivity index (χ1n) is 10.4. The van der Waals surface area contributed by atoms with Crippen molar-refractivity contribution in [3.8, 4) is 0 Å². The van der Waals surface area contributed by atoms with Gasteiger partial charge in [0.1, 0.15) is 0 Å². The van der Waals surface area contributed by atoms with Crippen LogP contribution in [0.1, 0.15) is 46.6 Å². The van der Waals surface area contributed by atoms with Crippen molar-refractivity contribution in [1.82, 2.24) is 20.9 Å². The maximum absolute atomic E-state index is 11.9. The molecule has 1 aromatic carbocycles. The Labute approximate surface area is 193 Å². The maximum Gasteiger partial charge on any atom is 0.225 e. The summed E-state index contributed by atoms with van der Waals surface area (Å²) in [6.07, 6.45) is 1.10. The average molecular weight is 515 g/mol. The topological polar surface area (TPSA) is 68.8 Å². The Balaban J connectivity index is 0.00000420. The molecule has 1 aromatic rings. The Bertz CT molecular complexity index is 644. The summed E-state index contributed by atoms with van der Waals surface area (Å²) in [5, 5.41) is 9.83. The van der Waals surface area contributed by atoms with Crippen molar-refractivity contribution in [3.63, 3.8) is 0 Å². The Morgan fingerprint density at radius 3 is 2.52 bits per heavy atom. The zero-order valence-electron chi connectivity index (χ0n) is 18.5. The van der Waals surface area contributed by atoms with E-state index >= 15 is 0 Å². The number of nitrogens with zero attached hydrogens (tertiary/aromatic N) is 2. The largest absolute Gasteiger partial charge is 0.357 e. The van der Waals surface area contributed by atoms with E-state index in [1.54, 1.807) is 0 Å². The molecule has 1 saturated heterocycles. The van der Waals surface area contributed by atoms with Crippen LogP contribution in [-0.2, 0) is 11.3 Å². The van der Waals surface area contributed by atoms with E-state index in [0.717, 1.165) is 32.0 Å². The number of aliphatic imine (C=N–C) groups is 1. The molecule has 1 heterocycles. The molecule has 2 unspecified atom stereocenters. The summed E-state index contributed by atoms with van der Waals surface area (Å²) in [6.45, 7) is 14.0. The summed E-state index contributed by atoms with van der Waals surface area (Å²) in [4.78, 5) is 19.1. The van der Waals surface area contributed by atoms with Crippen LogP contribution in [-0.4, -0.2) is 55.0 Å². The highest BCUT2D eigenvalue weighted by molar-refractivity contribution is 14.0. The molecule has 0 bridgehead atoms. The molecule has 0 saturated carbocycles. The minimum absolute atomic E-state index is 0. The zero-order chi connectivity index (χ0) is 20.6. The predicted molar refractivity (Wildman–Crippen MR) is 132 cm³/mol. The smallest absolute Gasteiger partial charge is 0.225 e. The monoisotopic (exact) mass is 515 g/mol. The van der Waals surface area contributed by atoms with Gasteiger partial charge in [-0.15, -0.1) is 24.0 Å². The van der Waals surface area contributed by atoms with E-state index in [1.165, 1.54) is 5.56 Å². The standard InChI is InChI=1S/C22H37N5O.HI/c1-6-23-21(25-13-12-24-20(28)22(3,4)5)26-19-14-17(2)27(16-19)15-18-10-8-7-9-11-18;/h7-11,17,19H,6,12-16H2,1-5H3,(H,24,28)(H2,23,25,26);1H. The van der Waals surface area contributed by atoms with E-state index in [-0.39, 0.29) is 35.3 Å². The highest BCUT2D eigenvalue weighted by atomic mass is 127. The van der Waals surface area contributed by atoms with Crippen molar-refractivity contribution in [1.29, 1.82) is 0 Å². The normalized spacial score (nSPS) is 20.1. The van der Waals surface area contributed by atoms with Crippen LogP contribution in [0.15, 0.2) is 35.3 Å². The van der Waals surface area contributed by atoms with Crippen LogP contribution in [0.4, 0.5) is 0 Å². The number of hydrogen-bond acceptors (Lipinski definition) is 3. The first kappa shape index (κ1) is 25.7. The van der Waals surface area contributed by atoms with E-state index in [1.807, 2.05) is 20.8 Å². The number of benzene rings is 1. The zero-order valence-corrected chi connectivity index (χ0v) is 20.8. The van der Waals surface area contributed by atoms with Gasteiger partial charge in [0.15, 0.2) is 5.96 Å². The number of guanidine groups is 1. The molecule has 0 aromatic heterocycles. The molecule has 0 spiro atoms. The van der Waals surface area contributed by atoms with Gasteiger partial charge in [-0.05, 0) is 25.8 Å². The molecule has 0 radical (unpaired) electrons. The number of rotatable bonds is 7. The van der Waals surface area contributed by atoms with E-state index in [4.69, 9.17) is 0 Å². The second-order valence-electron chi connectivity index (χ2n) is 8.61. The first-order valence-corrected chi connectivity index (χ1v) is 10.4. The van der Waals surface area contributed by atoms with Gasteiger partial charge < -0.3 is 16.0 Å². The molecule has 7 heteroatoms. The molecule has 2 rings (SSSR count). The van der Waals surface area contributed by atoms with Crippen molar-refractivity contribution in [2.24, 2.45) is 10.4 Å². The van der Waals surface area contributed by atoms with Crippen molar-refractivity contribution in [2.75, 3.05) is 26.2 Å². The number of carbonyl (C=O) groups is 1. The van der Waals surface area contributed by atoms with Gasteiger partial charge in [-0.25, -0.2) is 0 Å². The second-order valence-corrected chi connectivity index (χ2v) is 8.61. The number of likely N-dealkylation sites (tertiary alicyclic amines) is 1. The number of nitrogens with one attached hydrogen (secondary N) is 3. The van der Waals surface area contributed by atoms with Gasteiger partial charge in [0.25, 0.3) is 0 Å². The SMILES string of the molecule is CCNC(=NCCNC(=O)C(C)(C)C)NC1CC(C)N(Cc2ccccc2)C1.I. The summed E-state index contributed by atoms with van der Waals surface area (Å²) in [5.74, 6) is 0.883. The third-order valence-corrected chi connectivity index (χ3v) is 4.97. The van der Waals surface area contributed by atoms with E-state index in [9.17, 15) is 4.79 Å². The fraction of sp³-hybridized carbons (Fsp3) is 0.636. The van der Waals surface area contributed by atoms with Crippen LogP contribution in [0.5, 0.6) is 0 Å². The highest BCUT2D eigenvalue weighted by Gasteiger charge is 2.29. The number of amides is 1. The molecule has 1 aliphatic heterocycles. The lowest BCUT2D eigenvalue weighted by molar-refractivity contribution is -0.128. The molecule has 3 N–H and O–H groups in total. The molecular formula is C22H38IN5O. The summed E-state index contributed by atoms with van der Waals surface area (Å²) in [6, 6.07) is 11.5. The Morgan fingerprint density at radius 2 is 1.90 bits per heavy atom. The first-order chi connectivity index (χ1) is 13.3. The van der Waals surface area contributed by atoms with Crippen molar-refractivity contribution in [3.05, 3.63) is 35.9 Å². The molecule has 29 heavy (non-hydrogen) atoms. The van der Waals surface area contributed by atoms with Gasteiger partial charge in [-0.1, -0.05) is 51.1 Å². The fourth-order valence-electron chi connectivity index (χ4n) is 3.36. The minimum atomic E-state index is -0.366. The van der Waals surface area contributed by atoms with Crippen molar-refractivity contribution in [2.45, 2.75) is 59.7 Å². The lowest BCUT2D eigenvalue weighted by Gasteiger charge is -2.21. The summed E-state index contributed by atoms with van der Waals surface area (Å²) in [7, 11) is 0. The Morgan fingerprint density at radius 1 is 1.21 bits per heavy atom. The molecule has 1 fully saturated rings. The van der Waals surface area contributed by atoms with Gasteiger partial charge in [-0.3, -0.25) is 14.7 Å². The maximum atomic E-state index is 11.9. The van der Waals surface area contributed by atoms with E-state index in [2.05, 4.69) is 70.0 Å². The van der Waals surface area contributed by atoms with Gasteiger partial charge in [0, 0.05) is 43.7 Å². The van der Waals surface area contributed by atoms with Gasteiger partial charge in [0.05, 0.1) is 6.54 Å². The van der Waals surface area contributed by atoms with E-state index < -0.39 is 0 Å². The molecule has 2 atom stereocenters. The molecule has 0 aliphatic carbocycles. The lowest BCUT2D eigenvalue weighted by atomic mass is 9.96. The van der Waals surface area contributed by atoms with Crippen LogP contribution in [0, 0.1) is 5.41 Å². The van der Waals surface area contributed by atoms with Crippen LogP contribution in [0.25, 0.3) is 0 Å². The fourth-order valence-corrected chi connectivity index (χ4v) is 3.36. The average Bonchev–Trinajstić information content (AvgIpc) is 2.97. The van der Waals surface area contributed by atoms with E-state index in [0.29, 0.717) is 25.2 Å².